The van der Waals surface area contributed by atoms with Crippen LogP contribution >= 0.6 is 34.7 Å². The largest absolute Gasteiger partial charge is 0.386 e. The predicted octanol–water partition coefficient (Wildman–Crippen LogP) is 3.98. The standard InChI is InChI=1S/C15H16ClNO2S2/c1-2-20-11-5-3-4-10(8-11)15(19)17-9-12(18)13-6-7-14(16)21-13/h3-8,12,18H,2,9H2,1H3,(H,17,19). The van der Waals surface area contributed by atoms with Crippen molar-refractivity contribution in [2.24, 2.45) is 0 Å². The first-order chi connectivity index (χ1) is 10.1. The molecule has 21 heavy (non-hydrogen) atoms. The summed E-state index contributed by atoms with van der Waals surface area (Å²) in [6, 6.07) is 11.0. The second-order valence-corrected chi connectivity index (χ2v) is 7.41. The Labute approximate surface area is 137 Å². The van der Waals surface area contributed by atoms with Gasteiger partial charge in [-0.2, -0.15) is 0 Å². The Morgan fingerprint density at radius 2 is 2.24 bits per heavy atom. The molecule has 0 aliphatic rings. The van der Waals surface area contributed by atoms with Crippen molar-refractivity contribution in [1.82, 2.24) is 5.32 Å². The van der Waals surface area contributed by atoms with Gasteiger partial charge in [0.2, 0.25) is 0 Å². The Morgan fingerprint density at radius 1 is 1.43 bits per heavy atom. The zero-order chi connectivity index (χ0) is 15.2. The average molecular weight is 342 g/mol. The van der Waals surface area contributed by atoms with Crippen molar-refractivity contribution in [1.29, 1.82) is 0 Å². The monoisotopic (exact) mass is 341 g/mol. The molecule has 0 saturated carbocycles. The van der Waals surface area contributed by atoms with Crippen LogP contribution in [0.2, 0.25) is 4.34 Å². The van der Waals surface area contributed by atoms with Gasteiger partial charge in [-0.25, -0.2) is 0 Å². The molecule has 0 bridgehead atoms. The maximum Gasteiger partial charge on any atom is 0.251 e. The minimum Gasteiger partial charge on any atom is -0.386 e. The first kappa shape index (κ1) is 16.4. The molecule has 6 heteroatoms. The van der Waals surface area contributed by atoms with Crippen LogP contribution in [0, 0.1) is 0 Å². The minimum absolute atomic E-state index is 0.167. The first-order valence-corrected chi connectivity index (χ1v) is 8.72. The lowest BCUT2D eigenvalue weighted by Gasteiger charge is -2.10. The summed E-state index contributed by atoms with van der Waals surface area (Å²) < 4.78 is 0.625. The third-order valence-electron chi connectivity index (χ3n) is 2.79. The highest BCUT2D eigenvalue weighted by atomic mass is 35.5. The van der Waals surface area contributed by atoms with E-state index in [4.69, 9.17) is 11.6 Å². The Hall–Kier alpha value is -1.01. The SMILES string of the molecule is CCSc1cccc(C(=O)NCC(O)c2ccc(Cl)s2)c1. The molecular weight excluding hydrogens is 326 g/mol. The van der Waals surface area contributed by atoms with Gasteiger partial charge in [0.15, 0.2) is 0 Å². The molecule has 0 spiro atoms. The molecular formula is C15H16ClNO2S2. The van der Waals surface area contributed by atoms with Crippen molar-refractivity contribution in [2.75, 3.05) is 12.3 Å². The summed E-state index contributed by atoms with van der Waals surface area (Å²) in [6.45, 7) is 2.24. The van der Waals surface area contributed by atoms with Crippen LogP contribution in [0.25, 0.3) is 0 Å². The van der Waals surface area contributed by atoms with E-state index in [0.29, 0.717) is 9.90 Å². The van der Waals surface area contributed by atoms with E-state index < -0.39 is 6.10 Å². The van der Waals surface area contributed by atoms with Crippen molar-refractivity contribution in [3.63, 3.8) is 0 Å². The fourth-order valence-corrected chi connectivity index (χ4v) is 3.56. The van der Waals surface area contributed by atoms with Crippen LogP contribution in [-0.4, -0.2) is 23.3 Å². The van der Waals surface area contributed by atoms with Gasteiger partial charge in [0.1, 0.15) is 6.10 Å². The zero-order valence-electron chi connectivity index (χ0n) is 11.5. The summed E-state index contributed by atoms with van der Waals surface area (Å²) in [4.78, 5) is 13.9. The summed E-state index contributed by atoms with van der Waals surface area (Å²) >= 11 is 8.83. The number of amides is 1. The fourth-order valence-electron chi connectivity index (χ4n) is 1.79. The third-order valence-corrected chi connectivity index (χ3v) is 4.99. The van der Waals surface area contributed by atoms with E-state index in [2.05, 4.69) is 12.2 Å². The molecule has 0 aliphatic carbocycles. The van der Waals surface area contributed by atoms with Crippen LogP contribution < -0.4 is 5.32 Å². The molecule has 1 heterocycles. The van der Waals surface area contributed by atoms with Crippen molar-refractivity contribution < 1.29 is 9.90 Å². The van der Waals surface area contributed by atoms with Gasteiger partial charge >= 0.3 is 0 Å². The lowest BCUT2D eigenvalue weighted by atomic mass is 10.2. The topological polar surface area (TPSA) is 49.3 Å². The number of carbonyl (C=O) groups excluding carboxylic acids is 1. The maximum absolute atomic E-state index is 12.1. The van der Waals surface area contributed by atoms with Crippen LogP contribution in [0.1, 0.15) is 28.3 Å². The van der Waals surface area contributed by atoms with E-state index in [1.807, 2.05) is 18.2 Å². The summed E-state index contributed by atoms with van der Waals surface area (Å²) in [5.74, 6) is 0.776. The second-order valence-electron chi connectivity index (χ2n) is 4.33. The van der Waals surface area contributed by atoms with Gasteiger partial charge in [-0.1, -0.05) is 24.6 Å². The summed E-state index contributed by atoms with van der Waals surface area (Å²) in [5, 5.41) is 12.7. The van der Waals surface area contributed by atoms with E-state index in [-0.39, 0.29) is 12.5 Å². The molecule has 0 fully saturated rings. The number of thioether (sulfide) groups is 1. The number of halogens is 1. The van der Waals surface area contributed by atoms with Crippen molar-refractivity contribution in [2.45, 2.75) is 17.9 Å². The van der Waals surface area contributed by atoms with Gasteiger partial charge in [0.25, 0.3) is 5.91 Å². The van der Waals surface area contributed by atoms with Crippen LogP contribution in [-0.2, 0) is 0 Å². The smallest absolute Gasteiger partial charge is 0.251 e. The van der Waals surface area contributed by atoms with Crippen LogP contribution in [0.5, 0.6) is 0 Å². The summed E-state index contributed by atoms with van der Waals surface area (Å²) in [5.41, 5.74) is 0.602. The third kappa shape index (κ3) is 4.74. The molecule has 1 aromatic heterocycles. The molecule has 0 radical (unpaired) electrons. The van der Waals surface area contributed by atoms with Crippen molar-refractivity contribution >= 4 is 40.6 Å². The van der Waals surface area contributed by atoms with E-state index in [9.17, 15) is 9.90 Å². The average Bonchev–Trinajstić information content (AvgIpc) is 2.92. The van der Waals surface area contributed by atoms with E-state index >= 15 is 0 Å². The Morgan fingerprint density at radius 3 is 2.90 bits per heavy atom. The van der Waals surface area contributed by atoms with E-state index in [0.717, 1.165) is 15.5 Å². The van der Waals surface area contributed by atoms with Gasteiger partial charge < -0.3 is 10.4 Å². The Kier molecular flexibility index (Phi) is 6.11. The Balaban J connectivity index is 1.93. The molecule has 2 aromatic rings. The highest BCUT2D eigenvalue weighted by molar-refractivity contribution is 7.99. The molecule has 2 N–H and O–H groups in total. The summed E-state index contributed by atoms with van der Waals surface area (Å²) in [6.07, 6.45) is -0.736. The second kappa shape index (κ2) is 7.84. The number of thiophene rings is 1. The number of aliphatic hydroxyl groups is 1. The molecule has 2 rings (SSSR count). The van der Waals surface area contributed by atoms with E-state index in [1.54, 1.807) is 30.0 Å². The van der Waals surface area contributed by atoms with Crippen molar-refractivity contribution in [3.05, 3.63) is 51.2 Å². The number of aliphatic hydroxyl groups excluding tert-OH is 1. The van der Waals surface area contributed by atoms with Gasteiger partial charge in [-0.15, -0.1) is 23.1 Å². The molecule has 0 aliphatic heterocycles. The number of hydrogen-bond donors (Lipinski definition) is 2. The Bertz CT molecular complexity index is 615. The highest BCUT2D eigenvalue weighted by Crippen LogP contribution is 2.26. The number of hydrogen-bond acceptors (Lipinski definition) is 4. The fraction of sp³-hybridized carbons (Fsp3) is 0.267. The lowest BCUT2D eigenvalue weighted by molar-refractivity contribution is 0.0918. The van der Waals surface area contributed by atoms with Crippen LogP contribution in [0.3, 0.4) is 0 Å². The van der Waals surface area contributed by atoms with Gasteiger partial charge in [0.05, 0.1) is 4.34 Å². The molecule has 0 saturated heterocycles. The predicted molar refractivity (Wildman–Crippen MR) is 89.5 cm³/mol. The van der Waals surface area contributed by atoms with Crippen LogP contribution in [0.4, 0.5) is 0 Å². The lowest BCUT2D eigenvalue weighted by Crippen LogP contribution is -2.28. The first-order valence-electron chi connectivity index (χ1n) is 6.54. The molecule has 1 atom stereocenters. The quantitative estimate of drug-likeness (QED) is 0.781. The number of carbonyl (C=O) groups is 1. The molecule has 112 valence electrons. The minimum atomic E-state index is -0.736. The molecule has 1 unspecified atom stereocenters. The number of benzene rings is 1. The van der Waals surface area contributed by atoms with Gasteiger partial charge in [-0.05, 0) is 36.1 Å². The zero-order valence-corrected chi connectivity index (χ0v) is 13.9. The summed E-state index contributed by atoms with van der Waals surface area (Å²) in [7, 11) is 0. The molecule has 1 amide bonds. The molecule has 1 aromatic carbocycles. The van der Waals surface area contributed by atoms with Gasteiger partial charge in [-0.3, -0.25) is 4.79 Å². The van der Waals surface area contributed by atoms with Crippen LogP contribution in [0.15, 0.2) is 41.3 Å². The number of rotatable bonds is 6. The van der Waals surface area contributed by atoms with E-state index in [1.165, 1.54) is 11.3 Å². The maximum atomic E-state index is 12.1. The highest BCUT2D eigenvalue weighted by Gasteiger charge is 2.13. The molecule has 3 nitrogen and oxygen atoms in total. The van der Waals surface area contributed by atoms with Crippen molar-refractivity contribution in [3.8, 4) is 0 Å². The van der Waals surface area contributed by atoms with Gasteiger partial charge in [0, 0.05) is 21.9 Å². The normalized spacial score (nSPS) is 12.1. The number of nitrogens with one attached hydrogen (secondary N) is 1.